The number of benzene rings is 1. The van der Waals surface area contributed by atoms with E-state index in [0.29, 0.717) is 6.54 Å². The zero-order valence-electron chi connectivity index (χ0n) is 11.9. The first-order chi connectivity index (χ1) is 9.71. The Labute approximate surface area is 131 Å². The number of nitro benzene ring substituents is 1. The molecule has 1 amide bonds. The Morgan fingerprint density at radius 2 is 2.14 bits per heavy atom. The molecule has 0 saturated heterocycles. The van der Waals surface area contributed by atoms with Crippen LogP contribution in [0.5, 0.6) is 0 Å². The van der Waals surface area contributed by atoms with Gasteiger partial charge in [-0.2, -0.15) is 11.8 Å². The summed E-state index contributed by atoms with van der Waals surface area (Å²) in [6.07, 6.45) is 1.94. The average Bonchev–Trinajstić information content (AvgIpc) is 2.43. The summed E-state index contributed by atoms with van der Waals surface area (Å²) in [5.41, 5.74) is 1.91. The number of rotatable bonds is 6. The topological polar surface area (TPSA) is 110 Å². The summed E-state index contributed by atoms with van der Waals surface area (Å²) in [7, 11) is 0. The van der Waals surface area contributed by atoms with E-state index in [1.807, 2.05) is 20.1 Å². The Kier molecular flexibility index (Phi) is 5.82. The van der Waals surface area contributed by atoms with Crippen molar-refractivity contribution in [3.05, 3.63) is 32.8 Å². The van der Waals surface area contributed by atoms with Crippen LogP contribution in [0, 0.1) is 10.1 Å². The van der Waals surface area contributed by atoms with Crippen molar-refractivity contribution in [1.29, 1.82) is 0 Å². The highest BCUT2D eigenvalue weighted by Crippen LogP contribution is 2.33. The van der Waals surface area contributed by atoms with Crippen LogP contribution >= 0.6 is 23.4 Å². The van der Waals surface area contributed by atoms with Crippen LogP contribution < -0.4 is 16.6 Å². The Balaban J connectivity index is 3.03. The van der Waals surface area contributed by atoms with Crippen LogP contribution in [0.4, 0.5) is 11.4 Å². The monoisotopic (exact) mass is 332 g/mol. The molecule has 4 N–H and O–H groups in total. The first-order valence-corrected chi connectivity index (χ1v) is 7.60. The van der Waals surface area contributed by atoms with Crippen LogP contribution in [0.3, 0.4) is 0 Å². The Morgan fingerprint density at radius 1 is 1.52 bits per heavy atom. The van der Waals surface area contributed by atoms with E-state index in [1.54, 1.807) is 11.8 Å². The molecule has 0 aliphatic carbocycles. The molecule has 0 radical (unpaired) electrons. The fourth-order valence-electron chi connectivity index (χ4n) is 1.48. The first-order valence-electron chi connectivity index (χ1n) is 5.99. The highest BCUT2D eigenvalue weighted by molar-refractivity contribution is 7.99. The van der Waals surface area contributed by atoms with E-state index in [-0.39, 0.29) is 26.7 Å². The van der Waals surface area contributed by atoms with Crippen molar-refractivity contribution in [2.24, 2.45) is 5.84 Å². The normalized spacial score (nSPS) is 11.1. The number of hydrogen-bond donors (Lipinski definition) is 3. The third-order valence-corrected chi connectivity index (χ3v) is 4.45. The van der Waals surface area contributed by atoms with E-state index in [4.69, 9.17) is 17.4 Å². The number of amides is 1. The second-order valence-corrected chi connectivity index (χ2v) is 6.82. The second-order valence-electron chi connectivity index (χ2n) is 4.90. The molecule has 0 saturated carbocycles. The van der Waals surface area contributed by atoms with E-state index < -0.39 is 10.8 Å². The van der Waals surface area contributed by atoms with Crippen molar-refractivity contribution in [2.75, 3.05) is 18.2 Å². The van der Waals surface area contributed by atoms with Gasteiger partial charge >= 0.3 is 0 Å². The minimum Gasteiger partial charge on any atom is -0.351 e. The minimum absolute atomic E-state index is 0.0148. The third kappa shape index (κ3) is 4.48. The van der Waals surface area contributed by atoms with E-state index in [1.165, 1.54) is 6.07 Å². The van der Waals surface area contributed by atoms with Crippen LogP contribution in [0.25, 0.3) is 0 Å². The van der Waals surface area contributed by atoms with Crippen molar-refractivity contribution < 1.29 is 9.72 Å². The number of nitrogens with zero attached hydrogens (tertiary/aromatic N) is 1. The molecule has 9 heteroatoms. The molecule has 21 heavy (non-hydrogen) atoms. The maximum Gasteiger partial charge on any atom is 0.295 e. The summed E-state index contributed by atoms with van der Waals surface area (Å²) in [6.45, 7) is 4.39. The molecule has 0 fully saturated rings. The van der Waals surface area contributed by atoms with E-state index in [9.17, 15) is 14.9 Å². The minimum atomic E-state index is -0.649. The smallest absolute Gasteiger partial charge is 0.295 e. The second kappa shape index (κ2) is 6.97. The molecule has 7 nitrogen and oxygen atoms in total. The molecule has 1 rings (SSSR count). The maximum absolute atomic E-state index is 12.1. The van der Waals surface area contributed by atoms with Crippen molar-refractivity contribution in [3.63, 3.8) is 0 Å². The maximum atomic E-state index is 12.1. The number of anilines is 1. The molecule has 0 heterocycles. The number of nitro groups is 1. The number of nitrogens with one attached hydrogen (secondary N) is 2. The van der Waals surface area contributed by atoms with E-state index in [2.05, 4.69) is 10.7 Å². The van der Waals surface area contributed by atoms with Crippen LogP contribution in [0.15, 0.2) is 12.1 Å². The Morgan fingerprint density at radius 3 is 2.62 bits per heavy atom. The molecular weight excluding hydrogens is 316 g/mol. The third-order valence-electron chi connectivity index (χ3n) is 2.90. The highest BCUT2D eigenvalue weighted by atomic mass is 35.5. The van der Waals surface area contributed by atoms with Crippen molar-refractivity contribution >= 4 is 40.6 Å². The number of nitrogen functional groups attached to an aromatic ring is 1. The van der Waals surface area contributed by atoms with E-state index in [0.717, 1.165) is 6.07 Å². The van der Waals surface area contributed by atoms with Crippen LogP contribution in [-0.4, -0.2) is 28.4 Å². The predicted octanol–water partition coefficient (Wildman–Crippen LogP) is 2.41. The summed E-state index contributed by atoms with van der Waals surface area (Å²) in [6, 6.07) is 2.48. The summed E-state index contributed by atoms with van der Waals surface area (Å²) in [4.78, 5) is 22.4. The van der Waals surface area contributed by atoms with Gasteiger partial charge < -0.3 is 10.7 Å². The van der Waals surface area contributed by atoms with Crippen LogP contribution in [0.1, 0.15) is 24.2 Å². The molecule has 0 aliphatic heterocycles. The molecule has 1 aromatic rings. The molecule has 0 atom stereocenters. The lowest BCUT2D eigenvalue weighted by Gasteiger charge is -2.22. The number of halogens is 1. The summed E-state index contributed by atoms with van der Waals surface area (Å²) in [5.74, 6) is 4.78. The summed E-state index contributed by atoms with van der Waals surface area (Å²) < 4.78 is -0.135. The van der Waals surface area contributed by atoms with Gasteiger partial charge in [0, 0.05) is 22.9 Å². The summed E-state index contributed by atoms with van der Waals surface area (Å²) in [5, 5.41) is 13.7. The highest BCUT2D eigenvalue weighted by Gasteiger charge is 2.22. The van der Waals surface area contributed by atoms with Crippen molar-refractivity contribution in [2.45, 2.75) is 18.6 Å². The van der Waals surface area contributed by atoms with Crippen LogP contribution in [-0.2, 0) is 0 Å². The first kappa shape index (κ1) is 17.5. The van der Waals surface area contributed by atoms with Gasteiger partial charge in [0.15, 0.2) is 0 Å². The zero-order chi connectivity index (χ0) is 16.2. The predicted molar refractivity (Wildman–Crippen MR) is 85.8 cm³/mol. The molecule has 0 aliphatic rings. The van der Waals surface area contributed by atoms with Gasteiger partial charge in [0.2, 0.25) is 0 Å². The SMILES string of the molecule is CSC(C)(C)CNC(=O)c1cc(Cl)c(NN)c([N+](=O)[O-])c1. The average molecular weight is 333 g/mol. The quantitative estimate of drug-likeness (QED) is 0.419. The molecule has 1 aromatic carbocycles. The van der Waals surface area contributed by atoms with Crippen molar-refractivity contribution in [3.8, 4) is 0 Å². The van der Waals surface area contributed by atoms with Crippen LogP contribution in [0.2, 0.25) is 5.02 Å². The Bertz CT molecular complexity index is 566. The fourth-order valence-corrected chi connectivity index (χ4v) is 1.96. The number of thioether (sulfide) groups is 1. The fraction of sp³-hybridized carbons (Fsp3) is 0.417. The number of carbonyl (C=O) groups is 1. The van der Waals surface area contributed by atoms with Crippen molar-refractivity contribution in [1.82, 2.24) is 5.32 Å². The lowest BCUT2D eigenvalue weighted by Crippen LogP contribution is -2.36. The molecule has 0 spiro atoms. The zero-order valence-corrected chi connectivity index (χ0v) is 13.5. The van der Waals surface area contributed by atoms with Gasteiger partial charge in [0.1, 0.15) is 5.69 Å². The molecule has 0 aromatic heterocycles. The lowest BCUT2D eigenvalue weighted by molar-refractivity contribution is -0.384. The number of hydrogen-bond acceptors (Lipinski definition) is 6. The van der Waals surface area contributed by atoms with Gasteiger partial charge in [-0.1, -0.05) is 11.6 Å². The molecule has 116 valence electrons. The van der Waals surface area contributed by atoms with Gasteiger partial charge in [-0.15, -0.1) is 0 Å². The van der Waals surface area contributed by atoms with Gasteiger partial charge in [-0.25, -0.2) is 0 Å². The van der Waals surface area contributed by atoms with Gasteiger partial charge in [-0.05, 0) is 26.2 Å². The van der Waals surface area contributed by atoms with Gasteiger partial charge in [0.05, 0.1) is 9.95 Å². The largest absolute Gasteiger partial charge is 0.351 e. The van der Waals surface area contributed by atoms with E-state index >= 15 is 0 Å². The standard InChI is InChI=1S/C12H17ClN4O3S/c1-12(2,21-3)6-15-11(18)7-4-8(13)10(16-14)9(5-7)17(19)20/h4-5,16H,6,14H2,1-3H3,(H,15,18). The Hall–Kier alpha value is -1.51. The summed E-state index contributed by atoms with van der Waals surface area (Å²) >= 11 is 7.52. The molecular formula is C12H17ClN4O3S. The van der Waals surface area contributed by atoms with Gasteiger partial charge in [0.25, 0.3) is 11.6 Å². The van der Waals surface area contributed by atoms with Gasteiger partial charge in [-0.3, -0.25) is 20.8 Å². The molecule has 0 unspecified atom stereocenters. The molecule has 0 bridgehead atoms. The number of carbonyl (C=O) groups excluding carboxylic acids is 1. The number of nitrogens with two attached hydrogens (primary N) is 1. The number of hydrazine groups is 1. The lowest BCUT2D eigenvalue weighted by atomic mass is 10.1.